The van der Waals surface area contributed by atoms with E-state index >= 15 is 0 Å². The van der Waals surface area contributed by atoms with Crippen molar-refractivity contribution in [2.24, 2.45) is 0 Å². The lowest BCUT2D eigenvalue weighted by atomic mass is 9.82. The van der Waals surface area contributed by atoms with Crippen molar-refractivity contribution in [2.75, 3.05) is 0 Å². The van der Waals surface area contributed by atoms with Crippen LogP contribution in [0.5, 0.6) is 0 Å². The maximum atomic E-state index is 5.07. The van der Waals surface area contributed by atoms with Crippen LogP contribution in [-0.2, 0) is 5.41 Å². The third-order valence-electron chi connectivity index (χ3n) is 10.3. The molecule has 2 nitrogen and oxygen atoms in total. The van der Waals surface area contributed by atoms with Crippen LogP contribution in [0.25, 0.3) is 78.4 Å². The molecule has 0 unspecified atom stereocenters. The molecule has 0 N–H and O–H groups in total. The van der Waals surface area contributed by atoms with Gasteiger partial charge in [-0.2, -0.15) is 0 Å². The molecule has 1 heterocycles. The van der Waals surface area contributed by atoms with E-state index in [1.807, 2.05) is 12.1 Å². The quantitative estimate of drug-likeness (QED) is 0.179. The van der Waals surface area contributed by atoms with Crippen molar-refractivity contribution in [3.05, 3.63) is 193 Å². The fourth-order valence-corrected chi connectivity index (χ4v) is 7.67. The highest BCUT2D eigenvalue weighted by molar-refractivity contribution is 5.93. The summed E-state index contributed by atoms with van der Waals surface area (Å²) in [6.07, 6.45) is 0. The highest BCUT2D eigenvalue weighted by atomic mass is 14.9. The molecule has 9 rings (SSSR count). The van der Waals surface area contributed by atoms with E-state index in [4.69, 9.17) is 9.97 Å². The average Bonchev–Trinajstić information content (AvgIpc) is 3.44. The van der Waals surface area contributed by atoms with E-state index in [9.17, 15) is 0 Å². The Labute approximate surface area is 299 Å². The molecular formula is C49H36N2. The van der Waals surface area contributed by atoms with Gasteiger partial charge in [0.25, 0.3) is 0 Å². The molecule has 1 aliphatic rings. The largest absolute Gasteiger partial charge is 0.228 e. The van der Waals surface area contributed by atoms with Crippen LogP contribution in [-0.4, -0.2) is 9.97 Å². The molecule has 1 aromatic heterocycles. The maximum absolute atomic E-state index is 5.07. The first-order valence-electron chi connectivity index (χ1n) is 17.6. The molecule has 0 amide bonds. The molecule has 0 fully saturated rings. The van der Waals surface area contributed by atoms with Crippen LogP contribution in [0.2, 0.25) is 0 Å². The second-order valence-corrected chi connectivity index (χ2v) is 13.8. The molecule has 0 radical (unpaired) electrons. The van der Waals surface area contributed by atoms with Crippen LogP contribution in [0, 0.1) is 0 Å². The first kappa shape index (κ1) is 30.7. The van der Waals surface area contributed by atoms with Crippen LogP contribution in [0.15, 0.2) is 182 Å². The standard InChI is InChI=1S/C49H36N2/c1-49(2)43-27-10-9-25-42(43)47-41(26-14-28-44(47)49)39-23-12-21-37(30-39)35-19-11-20-36(29-35)38-22-13-24-40(31-38)48-50-45(33-15-5-3-6-16-33)32-46(51-48)34-17-7-4-8-18-34/h3-32H,1-2H3. The zero-order chi connectivity index (χ0) is 34.4. The minimum atomic E-state index is -0.0283. The van der Waals surface area contributed by atoms with Gasteiger partial charge in [-0.15, -0.1) is 0 Å². The fourth-order valence-electron chi connectivity index (χ4n) is 7.67. The van der Waals surface area contributed by atoms with Crippen LogP contribution in [0.1, 0.15) is 25.0 Å². The Morgan fingerprint density at radius 2 is 0.745 bits per heavy atom. The lowest BCUT2D eigenvalue weighted by molar-refractivity contribution is 0.660. The third kappa shape index (κ3) is 5.56. The second kappa shape index (κ2) is 12.5. The van der Waals surface area contributed by atoms with Crippen molar-refractivity contribution in [3.63, 3.8) is 0 Å². The molecule has 8 aromatic rings. The molecule has 51 heavy (non-hydrogen) atoms. The summed E-state index contributed by atoms with van der Waals surface area (Å²) >= 11 is 0. The summed E-state index contributed by atoms with van der Waals surface area (Å²) in [4.78, 5) is 10.1. The first-order valence-corrected chi connectivity index (χ1v) is 17.6. The number of hydrogen-bond acceptors (Lipinski definition) is 2. The normalized spacial score (nSPS) is 12.7. The minimum Gasteiger partial charge on any atom is -0.228 e. The summed E-state index contributed by atoms with van der Waals surface area (Å²) in [7, 11) is 0. The molecule has 1 aliphatic carbocycles. The van der Waals surface area contributed by atoms with Crippen molar-refractivity contribution < 1.29 is 0 Å². The van der Waals surface area contributed by atoms with E-state index in [-0.39, 0.29) is 5.41 Å². The molecule has 0 spiro atoms. The van der Waals surface area contributed by atoms with Crippen molar-refractivity contribution in [1.29, 1.82) is 0 Å². The molecule has 242 valence electrons. The zero-order valence-corrected chi connectivity index (χ0v) is 28.7. The number of nitrogens with zero attached hydrogens (tertiary/aromatic N) is 2. The lowest BCUT2D eigenvalue weighted by Crippen LogP contribution is -2.14. The topological polar surface area (TPSA) is 25.8 Å². The molecule has 0 aliphatic heterocycles. The summed E-state index contributed by atoms with van der Waals surface area (Å²) in [6.45, 7) is 4.68. The maximum Gasteiger partial charge on any atom is 0.160 e. The molecular weight excluding hydrogens is 617 g/mol. The molecule has 0 bridgehead atoms. The van der Waals surface area contributed by atoms with Gasteiger partial charge in [0.15, 0.2) is 5.82 Å². The van der Waals surface area contributed by atoms with Gasteiger partial charge in [0, 0.05) is 22.1 Å². The van der Waals surface area contributed by atoms with Crippen molar-refractivity contribution in [3.8, 4) is 78.4 Å². The number of aromatic nitrogens is 2. The van der Waals surface area contributed by atoms with Gasteiger partial charge in [0.1, 0.15) is 0 Å². The number of rotatable bonds is 6. The first-order chi connectivity index (χ1) is 25.0. The van der Waals surface area contributed by atoms with Crippen LogP contribution in [0.3, 0.4) is 0 Å². The summed E-state index contributed by atoms with van der Waals surface area (Å²) in [5, 5.41) is 0. The summed E-state index contributed by atoms with van der Waals surface area (Å²) in [5.41, 5.74) is 17.5. The Bertz CT molecular complexity index is 2490. The summed E-state index contributed by atoms with van der Waals surface area (Å²) < 4.78 is 0. The SMILES string of the molecule is CC1(C)c2ccccc2-c2c(-c3cccc(-c4cccc(-c5cccc(-c6nc(-c7ccccc7)cc(-c7ccccc7)n6)c5)c4)c3)cccc21. The van der Waals surface area contributed by atoms with Gasteiger partial charge >= 0.3 is 0 Å². The van der Waals surface area contributed by atoms with Gasteiger partial charge in [-0.1, -0.05) is 172 Å². The minimum absolute atomic E-state index is 0.0283. The van der Waals surface area contributed by atoms with Crippen molar-refractivity contribution >= 4 is 0 Å². The predicted octanol–water partition coefficient (Wildman–Crippen LogP) is 12.8. The fraction of sp³-hybridized carbons (Fsp3) is 0.0612. The molecule has 0 atom stereocenters. The Morgan fingerprint density at radius 3 is 1.35 bits per heavy atom. The van der Waals surface area contributed by atoms with Crippen molar-refractivity contribution in [1.82, 2.24) is 9.97 Å². The van der Waals surface area contributed by atoms with E-state index in [0.29, 0.717) is 5.82 Å². The number of benzene rings is 7. The van der Waals surface area contributed by atoms with Gasteiger partial charge < -0.3 is 0 Å². The van der Waals surface area contributed by atoms with Gasteiger partial charge in [-0.25, -0.2) is 9.97 Å². The van der Waals surface area contributed by atoms with Gasteiger partial charge in [-0.3, -0.25) is 0 Å². The highest BCUT2D eigenvalue weighted by Crippen LogP contribution is 2.52. The highest BCUT2D eigenvalue weighted by Gasteiger charge is 2.36. The van der Waals surface area contributed by atoms with Gasteiger partial charge in [0.2, 0.25) is 0 Å². The van der Waals surface area contributed by atoms with E-state index in [1.165, 1.54) is 44.5 Å². The van der Waals surface area contributed by atoms with Gasteiger partial charge in [0.05, 0.1) is 11.4 Å². The van der Waals surface area contributed by atoms with E-state index < -0.39 is 0 Å². The Balaban J connectivity index is 1.09. The zero-order valence-electron chi connectivity index (χ0n) is 28.7. The molecule has 0 saturated heterocycles. The molecule has 2 heteroatoms. The average molecular weight is 653 g/mol. The molecule has 0 saturated carbocycles. The smallest absolute Gasteiger partial charge is 0.160 e. The van der Waals surface area contributed by atoms with Gasteiger partial charge in [-0.05, 0) is 79.9 Å². The lowest BCUT2D eigenvalue weighted by Gasteiger charge is -2.21. The van der Waals surface area contributed by atoms with E-state index in [1.54, 1.807) is 0 Å². The van der Waals surface area contributed by atoms with E-state index in [0.717, 1.165) is 39.2 Å². The van der Waals surface area contributed by atoms with E-state index in [2.05, 4.69) is 184 Å². The van der Waals surface area contributed by atoms with Crippen LogP contribution >= 0.6 is 0 Å². The number of fused-ring (bicyclic) bond motifs is 3. The Kier molecular flexibility index (Phi) is 7.51. The number of hydrogen-bond donors (Lipinski definition) is 0. The monoisotopic (exact) mass is 652 g/mol. The summed E-state index contributed by atoms with van der Waals surface area (Å²) in [5.74, 6) is 0.709. The van der Waals surface area contributed by atoms with Crippen molar-refractivity contribution in [2.45, 2.75) is 19.3 Å². The predicted molar refractivity (Wildman–Crippen MR) is 212 cm³/mol. The van der Waals surface area contributed by atoms with Crippen LogP contribution in [0.4, 0.5) is 0 Å². The third-order valence-corrected chi connectivity index (χ3v) is 10.3. The van der Waals surface area contributed by atoms with Crippen LogP contribution < -0.4 is 0 Å². The molecule has 7 aromatic carbocycles. The Hall–Kier alpha value is -6.38. The summed E-state index contributed by atoms with van der Waals surface area (Å²) in [6, 6.07) is 64.8. The second-order valence-electron chi connectivity index (χ2n) is 13.8. The Morgan fingerprint density at radius 1 is 0.333 bits per heavy atom.